The van der Waals surface area contributed by atoms with Crippen LogP contribution in [0.15, 0.2) is 41.3 Å². The summed E-state index contributed by atoms with van der Waals surface area (Å²) in [4.78, 5) is 12.1. The van der Waals surface area contributed by atoms with Crippen LogP contribution in [-0.4, -0.2) is 18.2 Å². The predicted molar refractivity (Wildman–Crippen MR) is 85.4 cm³/mol. The van der Waals surface area contributed by atoms with Gasteiger partial charge in [0.2, 0.25) is 0 Å². The molecular formula is C17H18O3S. The Hall–Kier alpha value is -1.94. The summed E-state index contributed by atoms with van der Waals surface area (Å²) in [5.41, 5.74) is 3.43. The Labute approximate surface area is 129 Å². The molecule has 21 heavy (non-hydrogen) atoms. The fourth-order valence-corrected chi connectivity index (χ4v) is 3.02. The molecule has 0 spiro atoms. The molecule has 0 unspecified atom stereocenters. The van der Waals surface area contributed by atoms with E-state index in [-0.39, 0.29) is 0 Å². The van der Waals surface area contributed by atoms with E-state index >= 15 is 0 Å². The topological polar surface area (TPSA) is 46.5 Å². The second-order valence-electron chi connectivity index (χ2n) is 4.89. The molecule has 3 nitrogen and oxygen atoms in total. The van der Waals surface area contributed by atoms with Crippen molar-refractivity contribution in [2.75, 3.05) is 7.11 Å². The number of rotatable bonds is 5. The van der Waals surface area contributed by atoms with Crippen molar-refractivity contribution in [3.63, 3.8) is 0 Å². The third-order valence-corrected chi connectivity index (χ3v) is 4.31. The second kappa shape index (κ2) is 6.68. The van der Waals surface area contributed by atoms with Gasteiger partial charge >= 0.3 is 5.97 Å². The smallest absolute Gasteiger partial charge is 0.335 e. The number of carboxylic acids is 1. The zero-order valence-electron chi connectivity index (χ0n) is 12.3. The first-order chi connectivity index (χ1) is 10.0. The maximum atomic E-state index is 11.2. The number of aromatic carboxylic acids is 1. The molecule has 0 aromatic heterocycles. The monoisotopic (exact) mass is 302 g/mol. The molecule has 0 atom stereocenters. The van der Waals surface area contributed by atoms with E-state index in [1.807, 2.05) is 38.1 Å². The third-order valence-electron chi connectivity index (χ3n) is 3.27. The number of hydrogen-bond acceptors (Lipinski definition) is 3. The van der Waals surface area contributed by atoms with Gasteiger partial charge in [0.25, 0.3) is 0 Å². The van der Waals surface area contributed by atoms with Gasteiger partial charge in [-0.15, -0.1) is 11.8 Å². The van der Waals surface area contributed by atoms with Crippen molar-refractivity contribution in [2.24, 2.45) is 0 Å². The Bertz CT molecular complexity index is 665. The van der Waals surface area contributed by atoms with Gasteiger partial charge in [-0.2, -0.15) is 0 Å². The summed E-state index contributed by atoms with van der Waals surface area (Å²) in [6.07, 6.45) is 0. The van der Waals surface area contributed by atoms with E-state index in [0.717, 1.165) is 27.5 Å². The van der Waals surface area contributed by atoms with Gasteiger partial charge in [-0.1, -0.05) is 23.8 Å². The van der Waals surface area contributed by atoms with Gasteiger partial charge in [-0.05, 0) is 37.6 Å². The first-order valence-electron chi connectivity index (χ1n) is 6.61. The normalized spacial score (nSPS) is 10.4. The van der Waals surface area contributed by atoms with E-state index in [2.05, 4.69) is 6.07 Å². The highest BCUT2D eigenvalue weighted by atomic mass is 32.2. The summed E-state index contributed by atoms with van der Waals surface area (Å²) in [6.45, 7) is 3.85. The highest BCUT2D eigenvalue weighted by molar-refractivity contribution is 7.98. The number of aryl methyl sites for hydroxylation is 2. The van der Waals surface area contributed by atoms with E-state index in [1.54, 1.807) is 24.9 Å². The van der Waals surface area contributed by atoms with Gasteiger partial charge in [-0.25, -0.2) is 4.79 Å². The number of carboxylic acid groups (broad SMARTS) is 1. The van der Waals surface area contributed by atoms with Gasteiger partial charge in [0.1, 0.15) is 5.75 Å². The van der Waals surface area contributed by atoms with Crippen LogP contribution in [0.2, 0.25) is 0 Å². The predicted octanol–water partition coefficient (Wildman–Crippen LogP) is 4.30. The third kappa shape index (κ3) is 3.79. The number of ether oxygens (including phenoxy) is 1. The van der Waals surface area contributed by atoms with Crippen molar-refractivity contribution in [3.8, 4) is 5.75 Å². The maximum Gasteiger partial charge on any atom is 0.335 e. The summed E-state index contributed by atoms with van der Waals surface area (Å²) in [5.74, 6) is 0.717. The lowest BCUT2D eigenvalue weighted by Crippen LogP contribution is -1.99. The molecule has 1 N–H and O–H groups in total. The van der Waals surface area contributed by atoms with E-state index in [4.69, 9.17) is 9.84 Å². The lowest BCUT2D eigenvalue weighted by molar-refractivity contribution is 0.0696. The molecule has 4 heteroatoms. The summed E-state index contributed by atoms with van der Waals surface area (Å²) in [7, 11) is 1.66. The Morgan fingerprint density at radius 1 is 1.19 bits per heavy atom. The molecule has 2 rings (SSSR count). The lowest BCUT2D eigenvalue weighted by Gasteiger charge is -2.10. The largest absolute Gasteiger partial charge is 0.496 e. The Morgan fingerprint density at radius 2 is 1.95 bits per heavy atom. The zero-order valence-corrected chi connectivity index (χ0v) is 13.2. The van der Waals surface area contributed by atoms with Crippen molar-refractivity contribution >= 4 is 17.7 Å². The van der Waals surface area contributed by atoms with Crippen molar-refractivity contribution in [2.45, 2.75) is 24.5 Å². The van der Waals surface area contributed by atoms with Gasteiger partial charge in [0.05, 0.1) is 12.7 Å². The first kappa shape index (κ1) is 15.4. The maximum absolute atomic E-state index is 11.2. The minimum absolute atomic E-state index is 0.358. The van der Waals surface area contributed by atoms with Crippen molar-refractivity contribution in [1.82, 2.24) is 0 Å². The molecule has 0 heterocycles. The highest BCUT2D eigenvalue weighted by Gasteiger charge is 2.09. The van der Waals surface area contributed by atoms with Crippen LogP contribution >= 0.6 is 11.8 Å². The van der Waals surface area contributed by atoms with Gasteiger partial charge in [0.15, 0.2) is 0 Å². The summed E-state index contributed by atoms with van der Waals surface area (Å²) < 4.78 is 5.36. The Morgan fingerprint density at radius 3 is 2.62 bits per heavy atom. The van der Waals surface area contributed by atoms with Gasteiger partial charge in [-0.3, -0.25) is 0 Å². The number of thioether (sulfide) groups is 1. The van der Waals surface area contributed by atoms with Crippen LogP contribution in [0, 0.1) is 13.8 Å². The molecule has 0 bridgehead atoms. The lowest BCUT2D eigenvalue weighted by atomic mass is 10.1. The number of carbonyl (C=O) groups is 1. The summed E-state index contributed by atoms with van der Waals surface area (Å²) >= 11 is 1.61. The van der Waals surface area contributed by atoms with Crippen LogP contribution in [0.5, 0.6) is 5.75 Å². The van der Waals surface area contributed by atoms with Crippen LogP contribution in [0.1, 0.15) is 27.0 Å². The fourth-order valence-electron chi connectivity index (χ4n) is 2.10. The average Bonchev–Trinajstić information content (AvgIpc) is 2.46. The molecule has 0 radical (unpaired) electrons. The van der Waals surface area contributed by atoms with Crippen LogP contribution in [0.25, 0.3) is 0 Å². The minimum atomic E-state index is -0.886. The van der Waals surface area contributed by atoms with Crippen molar-refractivity contribution < 1.29 is 14.6 Å². The van der Waals surface area contributed by atoms with Crippen LogP contribution in [0.3, 0.4) is 0 Å². The SMILES string of the molecule is COc1ccc(C)cc1CSc1ccc(C)c(C(=O)O)c1. The Balaban J connectivity index is 2.19. The van der Waals surface area contributed by atoms with Crippen LogP contribution in [0.4, 0.5) is 0 Å². The van der Waals surface area contributed by atoms with E-state index in [1.165, 1.54) is 5.56 Å². The molecular weight excluding hydrogens is 284 g/mol. The molecule has 0 aliphatic rings. The van der Waals surface area contributed by atoms with E-state index < -0.39 is 5.97 Å². The molecule has 0 aliphatic heterocycles. The summed E-state index contributed by atoms with van der Waals surface area (Å²) in [5, 5.41) is 9.16. The molecule has 0 fully saturated rings. The molecule has 110 valence electrons. The van der Waals surface area contributed by atoms with Crippen molar-refractivity contribution in [3.05, 3.63) is 58.7 Å². The number of hydrogen-bond donors (Lipinski definition) is 1. The molecule has 2 aromatic carbocycles. The highest BCUT2D eigenvalue weighted by Crippen LogP contribution is 2.29. The second-order valence-corrected chi connectivity index (χ2v) is 5.93. The average molecular weight is 302 g/mol. The Kier molecular flexibility index (Phi) is 4.91. The molecule has 0 aliphatic carbocycles. The molecule has 0 saturated carbocycles. The minimum Gasteiger partial charge on any atom is -0.496 e. The van der Waals surface area contributed by atoms with Crippen LogP contribution in [-0.2, 0) is 5.75 Å². The van der Waals surface area contributed by atoms with Gasteiger partial charge in [0, 0.05) is 16.2 Å². The van der Waals surface area contributed by atoms with E-state index in [9.17, 15) is 4.79 Å². The molecule has 0 saturated heterocycles. The van der Waals surface area contributed by atoms with Gasteiger partial charge < -0.3 is 9.84 Å². The quantitative estimate of drug-likeness (QED) is 0.836. The van der Waals surface area contributed by atoms with Crippen molar-refractivity contribution in [1.29, 1.82) is 0 Å². The molecule has 0 amide bonds. The first-order valence-corrected chi connectivity index (χ1v) is 7.60. The molecule has 2 aromatic rings. The van der Waals surface area contributed by atoms with E-state index in [0.29, 0.717) is 5.56 Å². The van der Waals surface area contributed by atoms with Crippen LogP contribution < -0.4 is 4.74 Å². The fraction of sp³-hybridized carbons (Fsp3) is 0.235. The standard InChI is InChI=1S/C17H18O3S/c1-11-4-7-16(20-3)13(8-11)10-21-14-6-5-12(2)15(9-14)17(18)19/h4-9H,10H2,1-3H3,(H,18,19). The number of methoxy groups -OCH3 is 1. The number of benzene rings is 2. The zero-order chi connectivity index (χ0) is 15.4. The summed E-state index contributed by atoms with van der Waals surface area (Å²) in [6, 6.07) is 11.6.